The summed E-state index contributed by atoms with van der Waals surface area (Å²) in [4.78, 5) is 110. The van der Waals surface area contributed by atoms with Crippen LogP contribution in [0.4, 0.5) is 0 Å². The number of aliphatic hydroxyl groups excluding tert-OH is 1. The Balaban J connectivity index is 3.51. The Hall–Kier alpha value is -6.07. The number of amides is 7. The Morgan fingerprint density at radius 1 is 0.641 bits per heavy atom. The fourth-order valence-corrected chi connectivity index (χ4v) is 6.15. The third kappa shape index (κ3) is 21.3. The summed E-state index contributed by atoms with van der Waals surface area (Å²) < 4.78 is 0. The maximum absolute atomic E-state index is 14.1. The number of carbonyl (C=O) groups excluding carboxylic acids is 7. The van der Waals surface area contributed by atoms with Gasteiger partial charge in [-0.05, 0) is 88.4 Å². The molecule has 0 saturated carbocycles. The van der Waals surface area contributed by atoms with Gasteiger partial charge in [-0.25, -0.2) is 0 Å². The number of carboxylic acid groups (broad SMARTS) is 1. The van der Waals surface area contributed by atoms with Crippen molar-refractivity contribution in [2.75, 3.05) is 19.6 Å². The second kappa shape index (κ2) is 28.6. The number of hydrogen-bond donors (Lipinski definition) is 14. The summed E-state index contributed by atoms with van der Waals surface area (Å²) in [5.74, 6) is -7.96. The molecule has 0 aliphatic carbocycles. The molecule has 1 rings (SSSR count). The van der Waals surface area contributed by atoms with Crippen molar-refractivity contribution in [1.82, 2.24) is 37.2 Å². The van der Waals surface area contributed by atoms with Gasteiger partial charge >= 0.3 is 5.97 Å². The van der Waals surface area contributed by atoms with E-state index in [0.29, 0.717) is 24.9 Å². The van der Waals surface area contributed by atoms with Crippen molar-refractivity contribution in [2.24, 2.45) is 39.8 Å². The predicted octanol–water partition coefficient (Wildman–Crippen LogP) is -3.34. The molecule has 0 spiro atoms. The predicted molar refractivity (Wildman–Crippen MR) is 236 cm³/mol. The minimum Gasteiger partial charge on any atom is -0.508 e. The summed E-state index contributed by atoms with van der Waals surface area (Å²) in [6.45, 7) is 9.15. The molecule has 7 amide bonds. The second-order valence-corrected chi connectivity index (χ2v) is 16.3. The molecule has 0 radical (unpaired) electrons. The van der Waals surface area contributed by atoms with Gasteiger partial charge in [0.05, 0.1) is 12.1 Å². The van der Waals surface area contributed by atoms with Crippen LogP contribution in [-0.4, -0.2) is 137 Å². The Labute approximate surface area is 373 Å². The van der Waals surface area contributed by atoms with Crippen LogP contribution < -0.4 is 60.2 Å². The van der Waals surface area contributed by atoms with Crippen molar-refractivity contribution in [3.63, 3.8) is 0 Å². The molecule has 1 aromatic carbocycles. The lowest BCUT2D eigenvalue weighted by molar-refractivity contribution is -0.138. The first kappa shape index (κ1) is 55.9. The van der Waals surface area contributed by atoms with Crippen LogP contribution in [0, 0.1) is 11.8 Å². The number of aliphatic imine (C=N–C) groups is 1. The fraction of sp³-hybridized carbons (Fsp3) is 0.634. The summed E-state index contributed by atoms with van der Waals surface area (Å²) in [5, 5.41) is 47.0. The summed E-state index contributed by atoms with van der Waals surface area (Å²) in [6, 6.07) is -3.14. The first-order valence-electron chi connectivity index (χ1n) is 21.3. The van der Waals surface area contributed by atoms with Crippen LogP contribution in [0.25, 0.3) is 0 Å². The fourth-order valence-electron chi connectivity index (χ4n) is 6.15. The molecule has 0 bridgehead atoms. The average molecular weight is 907 g/mol. The number of benzene rings is 1. The topological polar surface area (TPSA) is 398 Å². The number of guanidine groups is 1. The van der Waals surface area contributed by atoms with Gasteiger partial charge in [0.25, 0.3) is 0 Å². The van der Waals surface area contributed by atoms with E-state index in [9.17, 15) is 48.6 Å². The molecule has 0 aromatic heterocycles. The highest BCUT2D eigenvalue weighted by Crippen LogP contribution is 2.14. The van der Waals surface area contributed by atoms with Crippen molar-refractivity contribution in [1.29, 1.82) is 0 Å². The van der Waals surface area contributed by atoms with Crippen LogP contribution >= 0.6 is 0 Å². The Bertz CT molecular complexity index is 1740. The lowest BCUT2D eigenvalue weighted by atomic mass is 9.99. The van der Waals surface area contributed by atoms with E-state index in [1.807, 2.05) is 0 Å². The Morgan fingerprint density at radius 3 is 1.66 bits per heavy atom. The summed E-state index contributed by atoms with van der Waals surface area (Å²) in [5.41, 5.74) is 22.7. The van der Waals surface area contributed by atoms with Crippen LogP contribution in [-0.2, 0) is 44.8 Å². The molecule has 0 unspecified atom stereocenters. The van der Waals surface area contributed by atoms with Gasteiger partial charge in [0.15, 0.2) is 5.96 Å². The molecule has 0 heterocycles. The molecular formula is C41H70N12O11. The van der Waals surface area contributed by atoms with Crippen molar-refractivity contribution in [3.8, 4) is 5.75 Å². The van der Waals surface area contributed by atoms with Gasteiger partial charge in [0.2, 0.25) is 41.4 Å². The van der Waals surface area contributed by atoms with E-state index in [1.54, 1.807) is 27.7 Å². The van der Waals surface area contributed by atoms with Crippen molar-refractivity contribution < 1.29 is 53.7 Å². The lowest BCUT2D eigenvalue weighted by Crippen LogP contribution is -2.61. The van der Waals surface area contributed by atoms with E-state index >= 15 is 0 Å². The average Bonchev–Trinajstić information content (AvgIpc) is 3.20. The first-order chi connectivity index (χ1) is 30.0. The van der Waals surface area contributed by atoms with E-state index < -0.39 is 108 Å². The van der Waals surface area contributed by atoms with Crippen LogP contribution in [0.2, 0.25) is 0 Å². The Morgan fingerprint density at radius 2 is 1.14 bits per heavy atom. The number of aliphatic hydroxyl groups is 1. The number of nitrogens with zero attached hydrogens (tertiary/aromatic N) is 1. The molecule has 23 heteroatoms. The molecule has 360 valence electrons. The SMILES string of the molecule is CC(C)C[C@H](NC(=O)[C@@H](NC(=O)[C@H](C)N)[C@@H](C)O)C(=O)N[C@@H](CCCN=C(N)N)C(=O)N[C@H](C(=O)N[C@@H](Cc1ccc(O)cc1)C(=O)N[C@@H](CCCCN)C(=O)NCC(=O)O)C(C)C. The first-order valence-corrected chi connectivity index (χ1v) is 21.3. The molecule has 1 aromatic rings. The molecule has 18 N–H and O–H groups in total. The van der Waals surface area contributed by atoms with Gasteiger partial charge in [-0.15, -0.1) is 0 Å². The van der Waals surface area contributed by atoms with Gasteiger partial charge in [-0.2, -0.15) is 0 Å². The monoisotopic (exact) mass is 907 g/mol. The molecular weight excluding hydrogens is 837 g/mol. The number of hydrogen-bond acceptors (Lipinski definition) is 13. The zero-order valence-corrected chi connectivity index (χ0v) is 37.5. The van der Waals surface area contributed by atoms with Crippen molar-refractivity contribution in [3.05, 3.63) is 29.8 Å². The van der Waals surface area contributed by atoms with Gasteiger partial charge in [0.1, 0.15) is 48.5 Å². The molecule has 23 nitrogen and oxygen atoms in total. The number of phenols is 1. The largest absolute Gasteiger partial charge is 0.508 e. The lowest BCUT2D eigenvalue weighted by Gasteiger charge is -2.29. The standard InChI is InChI=1S/C41H70N12O11/c1-21(2)18-29(50-40(64)33(24(6)54)53-34(58)23(5)43)37(61)49-28(11-9-17-46-41(44)45)36(60)52-32(22(3)4)39(63)51-30(19-25-12-14-26(55)15-13-25)38(62)48-27(10-7-8-16-42)35(59)47-20-31(56)57/h12-15,21-24,27-30,32-33,54-55H,7-11,16-20,42-43H2,1-6H3,(H,47,59)(H,48,62)(H,49,61)(H,50,64)(H,51,63)(H,52,60)(H,53,58)(H,56,57)(H4,44,45,46)/t23-,24+,27-,28-,29-,30-,32-,33-/m0/s1. The quantitative estimate of drug-likeness (QED) is 0.0212. The normalized spacial score (nSPS) is 14.9. The van der Waals surface area contributed by atoms with Crippen molar-refractivity contribution in [2.45, 2.75) is 135 Å². The van der Waals surface area contributed by atoms with Gasteiger partial charge in [0, 0.05) is 13.0 Å². The Kier molecular flexibility index (Phi) is 25.0. The minimum absolute atomic E-state index is 0.0503. The zero-order chi connectivity index (χ0) is 48.7. The molecule has 0 fully saturated rings. The van der Waals surface area contributed by atoms with Gasteiger partial charge in [-0.3, -0.25) is 43.3 Å². The van der Waals surface area contributed by atoms with E-state index in [2.05, 4.69) is 42.2 Å². The second-order valence-electron chi connectivity index (χ2n) is 16.3. The van der Waals surface area contributed by atoms with E-state index in [0.717, 1.165) is 0 Å². The number of nitrogens with one attached hydrogen (secondary N) is 7. The number of unbranched alkanes of at least 4 members (excludes halogenated alkanes) is 1. The third-order valence-corrected chi connectivity index (χ3v) is 9.64. The highest BCUT2D eigenvalue weighted by atomic mass is 16.4. The number of aliphatic carboxylic acids is 1. The van der Waals surface area contributed by atoms with Crippen LogP contribution in [0.5, 0.6) is 5.75 Å². The van der Waals surface area contributed by atoms with E-state index in [1.165, 1.54) is 38.1 Å². The zero-order valence-electron chi connectivity index (χ0n) is 37.5. The number of phenolic OH excluding ortho intramolecular Hbond substituents is 1. The summed E-state index contributed by atoms with van der Waals surface area (Å²) >= 11 is 0. The summed E-state index contributed by atoms with van der Waals surface area (Å²) in [6.07, 6.45) is -0.316. The number of carbonyl (C=O) groups is 8. The highest BCUT2D eigenvalue weighted by Gasteiger charge is 2.35. The van der Waals surface area contributed by atoms with Crippen LogP contribution in [0.3, 0.4) is 0 Å². The summed E-state index contributed by atoms with van der Waals surface area (Å²) in [7, 11) is 0. The molecule has 8 atom stereocenters. The number of aromatic hydroxyl groups is 1. The van der Waals surface area contributed by atoms with Crippen LogP contribution in [0.15, 0.2) is 29.3 Å². The molecule has 0 aliphatic heterocycles. The van der Waals surface area contributed by atoms with Gasteiger partial charge < -0.3 is 75.5 Å². The molecule has 64 heavy (non-hydrogen) atoms. The number of carboxylic acids is 1. The van der Waals surface area contributed by atoms with E-state index in [-0.39, 0.29) is 56.3 Å². The number of nitrogens with two attached hydrogens (primary N) is 4. The van der Waals surface area contributed by atoms with Gasteiger partial charge in [-0.1, -0.05) is 39.8 Å². The third-order valence-electron chi connectivity index (χ3n) is 9.64. The molecule has 0 saturated heterocycles. The van der Waals surface area contributed by atoms with Crippen LogP contribution in [0.1, 0.15) is 85.6 Å². The maximum atomic E-state index is 14.1. The molecule has 0 aliphatic rings. The van der Waals surface area contributed by atoms with Crippen molar-refractivity contribution >= 4 is 53.3 Å². The maximum Gasteiger partial charge on any atom is 0.322 e. The van der Waals surface area contributed by atoms with E-state index in [4.69, 9.17) is 28.0 Å². The smallest absolute Gasteiger partial charge is 0.322 e. The number of rotatable bonds is 29. The highest BCUT2D eigenvalue weighted by molar-refractivity contribution is 5.97. The minimum atomic E-state index is -1.47.